The third-order valence-corrected chi connectivity index (χ3v) is 2.44. The van der Waals surface area contributed by atoms with Gasteiger partial charge in [-0.05, 0) is 27.7 Å². The summed E-state index contributed by atoms with van der Waals surface area (Å²) in [4.78, 5) is 11.0. The van der Waals surface area contributed by atoms with Crippen molar-refractivity contribution >= 4 is 5.97 Å². The summed E-state index contributed by atoms with van der Waals surface area (Å²) in [5, 5.41) is 0. The summed E-state index contributed by atoms with van der Waals surface area (Å²) in [5.41, 5.74) is -0.604. The van der Waals surface area contributed by atoms with Crippen molar-refractivity contribution < 1.29 is 19.0 Å². The minimum Gasteiger partial charge on any atom is -0.457 e. The molecule has 1 heterocycles. The molecule has 0 aliphatic carbocycles. The van der Waals surface area contributed by atoms with Crippen LogP contribution in [0.3, 0.4) is 0 Å². The Kier molecular flexibility index (Phi) is 3.41. The molecular formula is C11H20O4. The van der Waals surface area contributed by atoms with Crippen LogP contribution in [0, 0.1) is 0 Å². The SMILES string of the molecule is CC(=O)OC(C)(C)C1CCOC(C)(C)O1. The molecule has 1 unspecified atom stereocenters. The standard InChI is InChI=1S/C11H20O4/c1-8(12)14-10(2,3)9-6-7-13-11(4,5)15-9/h9H,6-7H2,1-5H3. The van der Waals surface area contributed by atoms with E-state index in [0.29, 0.717) is 6.61 Å². The molecule has 0 aromatic heterocycles. The summed E-state index contributed by atoms with van der Waals surface area (Å²) >= 11 is 0. The second kappa shape index (κ2) is 4.10. The van der Waals surface area contributed by atoms with Crippen LogP contribution < -0.4 is 0 Å². The molecule has 0 spiro atoms. The van der Waals surface area contributed by atoms with Gasteiger partial charge in [0.15, 0.2) is 5.79 Å². The summed E-state index contributed by atoms with van der Waals surface area (Å²) in [6, 6.07) is 0. The molecule has 15 heavy (non-hydrogen) atoms. The van der Waals surface area contributed by atoms with Gasteiger partial charge < -0.3 is 14.2 Å². The van der Waals surface area contributed by atoms with Gasteiger partial charge in [-0.3, -0.25) is 4.79 Å². The molecule has 0 N–H and O–H groups in total. The number of rotatable bonds is 2. The minimum absolute atomic E-state index is 0.120. The molecule has 0 aromatic rings. The molecule has 88 valence electrons. The first-order valence-electron chi connectivity index (χ1n) is 5.24. The fourth-order valence-electron chi connectivity index (χ4n) is 1.77. The third-order valence-electron chi connectivity index (χ3n) is 2.44. The Morgan fingerprint density at radius 2 is 2.07 bits per heavy atom. The zero-order chi connectivity index (χ0) is 11.7. The Balaban J connectivity index is 2.66. The maximum absolute atomic E-state index is 11.0. The average Bonchev–Trinajstić information content (AvgIpc) is 1.99. The molecule has 0 bridgehead atoms. The lowest BCUT2D eigenvalue weighted by molar-refractivity contribution is -0.301. The summed E-state index contributed by atoms with van der Waals surface area (Å²) in [6.45, 7) is 9.49. The molecule has 4 heteroatoms. The lowest BCUT2D eigenvalue weighted by Gasteiger charge is -2.42. The molecule has 0 amide bonds. The number of carbonyl (C=O) groups is 1. The first kappa shape index (κ1) is 12.5. The topological polar surface area (TPSA) is 44.8 Å². The smallest absolute Gasteiger partial charge is 0.303 e. The molecule has 1 aliphatic heterocycles. The van der Waals surface area contributed by atoms with Gasteiger partial charge in [0.05, 0.1) is 6.61 Å². The predicted molar refractivity (Wildman–Crippen MR) is 55.4 cm³/mol. The highest BCUT2D eigenvalue weighted by Gasteiger charge is 2.40. The highest BCUT2D eigenvalue weighted by molar-refractivity contribution is 5.66. The van der Waals surface area contributed by atoms with Crippen molar-refractivity contribution in [3.63, 3.8) is 0 Å². The minimum atomic E-state index is -0.604. The van der Waals surface area contributed by atoms with Crippen LogP contribution in [0.15, 0.2) is 0 Å². The van der Waals surface area contributed by atoms with E-state index in [1.54, 1.807) is 0 Å². The van der Waals surface area contributed by atoms with Crippen LogP contribution in [0.5, 0.6) is 0 Å². The average molecular weight is 216 g/mol. The van der Waals surface area contributed by atoms with Gasteiger partial charge >= 0.3 is 5.97 Å². The van der Waals surface area contributed by atoms with E-state index in [-0.39, 0.29) is 12.1 Å². The molecule has 0 aromatic carbocycles. The Hall–Kier alpha value is -0.610. The molecule has 1 aliphatic rings. The Labute approximate surface area is 90.9 Å². The van der Waals surface area contributed by atoms with E-state index in [1.165, 1.54) is 6.92 Å². The van der Waals surface area contributed by atoms with Crippen LogP contribution in [-0.2, 0) is 19.0 Å². The summed E-state index contributed by atoms with van der Waals surface area (Å²) in [6.07, 6.45) is 0.620. The normalized spacial score (nSPS) is 26.1. The van der Waals surface area contributed by atoms with E-state index in [1.807, 2.05) is 27.7 Å². The second-order valence-electron chi connectivity index (χ2n) is 4.84. The predicted octanol–water partition coefficient (Wildman–Crippen LogP) is 1.87. The van der Waals surface area contributed by atoms with Crippen LogP contribution in [0.1, 0.15) is 41.0 Å². The first-order chi connectivity index (χ1) is 6.73. The molecule has 1 atom stereocenters. The van der Waals surface area contributed by atoms with Crippen LogP contribution in [0.25, 0.3) is 0 Å². The van der Waals surface area contributed by atoms with Gasteiger partial charge in [0.2, 0.25) is 0 Å². The number of hydrogen-bond acceptors (Lipinski definition) is 4. The van der Waals surface area contributed by atoms with Crippen molar-refractivity contribution in [3.8, 4) is 0 Å². The van der Waals surface area contributed by atoms with E-state index in [0.717, 1.165) is 6.42 Å². The summed E-state index contributed by atoms with van der Waals surface area (Å²) in [7, 11) is 0. The van der Waals surface area contributed by atoms with E-state index in [9.17, 15) is 4.79 Å². The van der Waals surface area contributed by atoms with Crippen LogP contribution in [0.2, 0.25) is 0 Å². The monoisotopic (exact) mass is 216 g/mol. The van der Waals surface area contributed by atoms with Gasteiger partial charge in [0.1, 0.15) is 11.7 Å². The van der Waals surface area contributed by atoms with Gasteiger partial charge in [-0.1, -0.05) is 0 Å². The molecule has 0 saturated carbocycles. The number of carbonyl (C=O) groups excluding carboxylic acids is 1. The van der Waals surface area contributed by atoms with E-state index < -0.39 is 11.4 Å². The quantitative estimate of drug-likeness (QED) is 0.661. The van der Waals surface area contributed by atoms with Gasteiger partial charge in [-0.15, -0.1) is 0 Å². The number of hydrogen-bond donors (Lipinski definition) is 0. The van der Waals surface area contributed by atoms with E-state index >= 15 is 0 Å². The highest BCUT2D eigenvalue weighted by atomic mass is 16.7. The highest BCUT2D eigenvalue weighted by Crippen LogP contribution is 2.30. The van der Waals surface area contributed by atoms with Crippen molar-refractivity contribution in [2.45, 2.75) is 58.5 Å². The van der Waals surface area contributed by atoms with Crippen LogP contribution >= 0.6 is 0 Å². The van der Waals surface area contributed by atoms with Crippen molar-refractivity contribution in [2.24, 2.45) is 0 Å². The van der Waals surface area contributed by atoms with Gasteiger partial charge in [-0.25, -0.2) is 0 Å². The lowest BCUT2D eigenvalue weighted by Crippen LogP contribution is -2.51. The summed E-state index contributed by atoms with van der Waals surface area (Å²) < 4.78 is 16.4. The van der Waals surface area contributed by atoms with Crippen molar-refractivity contribution in [1.29, 1.82) is 0 Å². The Morgan fingerprint density at radius 3 is 2.53 bits per heavy atom. The van der Waals surface area contributed by atoms with E-state index in [2.05, 4.69) is 0 Å². The first-order valence-corrected chi connectivity index (χ1v) is 5.24. The molecule has 1 saturated heterocycles. The fraction of sp³-hybridized carbons (Fsp3) is 0.909. The molecule has 0 radical (unpaired) electrons. The lowest BCUT2D eigenvalue weighted by atomic mass is 9.97. The van der Waals surface area contributed by atoms with Gasteiger partial charge in [0.25, 0.3) is 0 Å². The van der Waals surface area contributed by atoms with Crippen LogP contribution in [-0.4, -0.2) is 30.1 Å². The molecule has 4 nitrogen and oxygen atoms in total. The number of esters is 1. The van der Waals surface area contributed by atoms with Crippen molar-refractivity contribution in [1.82, 2.24) is 0 Å². The van der Waals surface area contributed by atoms with Gasteiger partial charge in [-0.2, -0.15) is 0 Å². The zero-order valence-corrected chi connectivity index (χ0v) is 10.1. The second-order valence-corrected chi connectivity index (χ2v) is 4.84. The maximum Gasteiger partial charge on any atom is 0.303 e. The third kappa shape index (κ3) is 3.47. The maximum atomic E-state index is 11.0. The van der Waals surface area contributed by atoms with Gasteiger partial charge in [0, 0.05) is 13.3 Å². The fourth-order valence-corrected chi connectivity index (χ4v) is 1.77. The number of ether oxygens (including phenoxy) is 3. The molecule has 1 rings (SSSR count). The molecular weight excluding hydrogens is 196 g/mol. The summed E-state index contributed by atoms with van der Waals surface area (Å²) in [5.74, 6) is -0.881. The van der Waals surface area contributed by atoms with Crippen LogP contribution in [0.4, 0.5) is 0 Å². The Morgan fingerprint density at radius 1 is 1.47 bits per heavy atom. The zero-order valence-electron chi connectivity index (χ0n) is 10.1. The molecule has 1 fully saturated rings. The largest absolute Gasteiger partial charge is 0.457 e. The Bertz CT molecular complexity index is 245. The van der Waals surface area contributed by atoms with Crippen molar-refractivity contribution in [2.75, 3.05) is 6.61 Å². The van der Waals surface area contributed by atoms with Crippen molar-refractivity contribution in [3.05, 3.63) is 0 Å². The van der Waals surface area contributed by atoms with E-state index in [4.69, 9.17) is 14.2 Å².